The Morgan fingerprint density at radius 2 is 2.10 bits per heavy atom. The SMILES string of the molecule is CCn1nc(C)c(Cl)c1CN(C)C1CCCCC1CN. The van der Waals surface area contributed by atoms with Gasteiger partial charge in [-0.3, -0.25) is 9.58 Å². The normalized spacial score (nSPS) is 23.5. The van der Waals surface area contributed by atoms with Crippen LogP contribution in [0.3, 0.4) is 0 Å². The third kappa shape index (κ3) is 3.18. The molecule has 5 heteroatoms. The molecule has 114 valence electrons. The molecule has 20 heavy (non-hydrogen) atoms. The second-order valence-corrected chi connectivity index (χ2v) is 6.30. The minimum atomic E-state index is 0.574. The van der Waals surface area contributed by atoms with E-state index in [-0.39, 0.29) is 0 Å². The van der Waals surface area contributed by atoms with Crippen LogP contribution in [0.15, 0.2) is 0 Å². The average Bonchev–Trinajstić information content (AvgIpc) is 2.74. The highest BCUT2D eigenvalue weighted by Crippen LogP contribution is 2.29. The molecule has 0 radical (unpaired) electrons. The van der Waals surface area contributed by atoms with E-state index in [1.54, 1.807) is 0 Å². The van der Waals surface area contributed by atoms with Gasteiger partial charge in [0.2, 0.25) is 0 Å². The van der Waals surface area contributed by atoms with E-state index in [4.69, 9.17) is 17.3 Å². The zero-order valence-electron chi connectivity index (χ0n) is 12.9. The Morgan fingerprint density at radius 1 is 1.40 bits per heavy atom. The Morgan fingerprint density at radius 3 is 2.75 bits per heavy atom. The van der Waals surface area contributed by atoms with Crippen molar-refractivity contribution in [3.05, 3.63) is 16.4 Å². The Hall–Kier alpha value is -0.580. The molecule has 4 nitrogen and oxygen atoms in total. The van der Waals surface area contributed by atoms with Crippen molar-refractivity contribution in [2.75, 3.05) is 13.6 Å². The number of aromatic nitrogens is 2. The molecule has 2 unspecified atom stereocenters. The summed E-state index contributed by atoms with van der Waals surface area (Å²) in [4.78, 5) is 2.42. The number of hydrogen-bond acceptors (Lipinski definition) is 3. The van der Waals surface area contributed by atoms with E-state index >= 15 is 0 Å². The first-order valence-electron chi connectivity index (χ1n) is 7.70. The Bertz CT molecular complexity index is 443. The molecule has 2 N–H and O–H groups in total. The molecule has 0 bridgehead atoms. The highest BCUT2D eigenvalue weighted by molar-refractivity contribution is 6.31. The van der Waals surface area contributed by atoms with E-state index < -0.39 is 0 Å². The van der Waals surface area contributed by atoms with Crippen LogP contribution in [0.4, 0.5) is 0 Å². The predicted molar refractivity (Wildman–Crippen MR) is 83.9 cm³/mol. The molecule has 1 aromatic rings. The summed E-state index contributed by atoms with van der Waals surface area (Å²) in [7, 11) is 2.19. The summed E-state index contributed by atoms with van der Waals surface area (Å²) >= 11 is 6.41. The Labute approximate surface area is 127 Å². The fraction of sp³-hybridized carbons (Fsp3) is 0.800. The van der Waals surface area contributed by atoms with Crippen molar-refractivity contribution in [2.24, 2.45) is 11.7 Å². The molecule has 1 aromatic heterocycles. The lowest BCUT2D eigenvalue weighted by atomic mass is 9.83. The van der Waals surface area contributed by atoms with Gasteiger partial charge < -0.3 is 5.73 Å². The number of rotatable bonds is 5. The first-order chi connectivity index (χ1) is 9.58. The minimum Gasteiger partial charge on any atom is -0.330 e. The summed E-state index contributed by atoms with van der Waals surface area (Å²) in [6, 6.07) is 0.574. The molecule has 1 aliphatic rings. The van der Waals surface area contributed by atoms with E-state index in [0.717, 1.165) is 36.0 Å². The lowest BCUT2D eigenvalue weighted by molar-refractivity contribution is 0.124. The summed E-state index contributed by atoms with van der Waals surface area (Å²) in [5.41, 5.74) is 8.01. The van der Waals surface area contributed by atoms with Crippen LogP contribution in [0.5, 0.6) is 0 Å². The van der Waals surface area contributed by atoms with Crippen LogP contribution in [0.2, 0.25) is 5.02 Å². The molecule has 1 heterocycles. The van der Waals surface area contributed by atoms with Crippen LogP contribution in [0.1, 0.15) is 44.0 Å². The van der Waals surface area contributed by atoms with E-state index in [0.29, 0.717) is 12.0 Å². The van der Waals surface area contributed by atoms with Gasteiger partial charge >= 0.3 is 0 Å². The fourth-order valence-corrected chi connectivity index (χ4v) is 3.61. The molecule has 0 amide bonds. The zero-order chi connectivity index (χ0) is 14.7. The van der Waals surface area contributed by atoms with Crippen LogP contribution < -0.4 is 5.73 Å². The van der Waals surface area contributed by atoms with Crippen LogP contribution in [-0.4, -0.2) is 34.3 Å². The van der Waals surface area contributed by atoms with Gasteiger partial charge in [-0.2, -0.15) is 5.10 Å². The van der Waals surface area contributed by atoms with Crippen molar-refractivity contribution < 1.29 is 0 Å². The van der Waals surface area contributed by atoms with E-state index in [1.807, 2.05) is 11.6 Å². The average molecular weight is 299 g/mol. The number of halogens is 1. The van der Waals surface area contributed by atoms with Gasteiger partial charge in [-0.1, -0.05) is 24.4 Å². The van der Waals surface area contributed by atoms with Crippen molar-refractivity contribution in [3.63, 3.8) is 0 Å². The summed E-state index contributed by atoms with van der Waals surface area (Å²) in [5, 5.41) is 5.32. The molecule has 0 saturated heterocycles. The summed E-state index contributed by atoms with van der Waals surface area (Å²) in [5.74, 6) is 0.617. The van der Waals surface area contributed by atoms with Crippen molar-refractivity contribution in [1.82, 2.24) is 14.7 Å². The third-order valence-corrected chi connectivity index (χ3v) is 5.08. The predicted octanol–water partition coefficient (Wildman–Crippen LogP) is 2.81. The number of nitrogens with zero attached hydrogens (tertiary/aromatic N) is 3. The second kappa shape index (κ2) is 6.92. The lowest BCUT2D eigenvalue weighted by Gasteiger charge is -2.37. The smallest absolute Gasteiger partial charge is 0.0860 e. The molecule has 0 aromatic carbocycles. The highest BCUT2D eigenvalue weighted by Gasteiger charge is 2.28. The van der Waals surface area contributed by atoms with Crippen LogP contribution in [0, 0.1) is 12.8 Å². The first-order valence-corrected chi connectivity index (χ1v) is 8.08. The number of aryl methyl sites for hydroxylation is 2. The van der Waals surface area contributed by atoms with Crippen molar-refractivity contribution in [3.8, 4) is 0 Å². The van der Waals surface area contributed by atoms with Gasteiger partial charge in [0, 0.05) is 19.1 Å². The molecule has 1 fully saturated rings. The maximum Gasteiger partial charge on any atom is 0.0860 e. The van der Waals surface area contributed by atoms with E-state index in [2.05, 4.69) is 24.0 Å². The summed E-state index contributed by atoms with van der Waals surface area (Å²) in [6.45, 7) is 6.59. The largest absolute Gasteiger partial charge is 0.330 e. The molecule has 2 rings (SSSR count). The van der Waals surface area contributed by atoms with Crippen LogP contribution in [-0.2, 0) is 13.1 Å². The second-order valence-electron chi connectivity index (χ2n) is 5.92. The number of hydrogen-bond donors (Lipinski definition) is 1. The van der Waals surface area contributed by atoms with Crippen molar-refractivity contribution >= 4 is 11.6 Å². The fourth-order valence-electron chi connectivity index (χ4n) is 3.42. The van der Waals surface area contributed by atoms with Gasteiger partial charge in [-0.15, -0.1) is 0 Å². The standard InChI is InChI=1S/C15H27ClN4/c1-4-20-14(15(16)11(2)18-20)10-19(3)13-8-6-5-7-12(13)9-17/h12-13H,4-10,17H2,1-3H3. The summed E-state index contributed by atoms with van der Waals surface area (Å²) < 4.78 is 2.02. The zero-order valence-corrected chi connectivity index (χ0v) is 13.7. The Kier molecular flexibility index (Phi) is 5.47. The van der Waals surface area contributed by atoms with Gasteiger partial charge in [0.15, 0.2) is 0 Å². The number of nitrogens with two attached hydrogens (primary N) is 1. The van der Waals surface area contributed by atoms with Crippen molar-refractivity contribution in [2.45, 2.75) is 58.7 Å². The highest BCUT2D eigenvalue weighted by atomic mass is 35.5. The topological polar surface area (TPSA) is 47.1 Å². The third-order valence-electron chi connectivity index (χ3n) is 4.59. The van der Waals surface area contributed by atoms with E-state index in [1.165, 1.54) is 25.7 Å². The van der Waals surface area contributed by atoms with Gasteiger partial charge in [0.1, 0.15) is 0 Å². The van der Waals surface area contributed by atoms with Gasteiger partial charge in [0.05, 0.1) is 16.4 Å². The first kappa shape index (κ1) is 15.8. The Balaban J connectivity index is 2.12. The maximum absolute atomic E-state index is 6.41. The quantitative estimate of drug-likeness (QED) is 0.909. The van der Waals surface area contributed by atoms with Gasteiger partial charge in [-0.25, -0.2) is 0 Å². The molecule has 1 saturated carbocycles. The molecule has 0 aliphatic heterocycles. The molecule has 2 atom stereocenters. The lowest BCUT2D eigenvalue weighted by Crippen LogP contribution is -2.43. The van der Waals surface area contributed by atoms with Crippen molar-refractivity contribution in [1.29, 1.82) is 0 Å². The molecule has 1 aliphatic carbocycles. The minimum absolute atomic E-state index is 0.574. The molecular formula is C15H27ClN4. The van der Waals surface area contributed by atoms with E-state index in [9.17, 15) is 0 Å². The molecule has 0 spiro atoms. The molecular weight excluding hydrogens is 272 g/mol. The monoisotopic (exact) mass is 298 g/mol. The maximum atomic E-state index is 6.41. The van der Waals surface area contributed by atoms with Gasteiger partial charge in [0.25, 0.3) is 0 Å². The summed E-state index contributed by atoms with van der Waals surface area (Å²) in [6.07, 6.45) is 5.13. The van der Waals surface area contributed by atoms with Crippen LogP contribution in [0.25, 0.3) is 0 Å². The van der Waals surface area contributed by atoms with Gasteiger partial charge in [-0.05, 0) is 46.2 Å². The van der Waals surface area contributed by atoms with Crippen LogP contribution >= 0.6 is 11.6 Å².